The van der Waals surface area contributed by atoms with Gasteiger partial charge < -0.3 is 36.6 Å². The molecule has 2 aliphatic rings. The molecule has 2 heterocycles. The molecule has 6 N–H and O–H groups in total. The summed E-state index contributed by atoms with van der Waals surface area (Å²) in [5.41, 5.74) is 5.46. The van der Waals surface area contributed by atoms with Crippen LogP contribution in [0.25, 0.3) is 0 Å². The topological polar surface area (TPSA) is 189 Å². The number of ether oxygens (including phenoxy) is 1. The summed E-state index contributed by atoms with van der Waals surface area (Å²) < 4.78 is 5.77. The van der Waals surface area contributed by atoms with Gasteiger partial charge in [0.15, 0.2) is 0 Å². The van der Waals surface area contributed by atoms with Crippen molar-refractivity contribution in [2.75, 3.05) is 32.8 Å². The summed E-state index contributed by atoms with van der Waals surface area (Å²) in [5, 5.41) is 10.8. The Bertz CT molecular complexity index is 1090. The molecule has 1 aromatic carbocycles. The molecular weight excluding hydrogens is 520 g/mol. The molecule has 218 valence electrons. The SMILES string of the molecule is NC(=O)CCC1NC(=O)CC[C@@H](C(=O)NCCCN2CCCC2=O)NC(=O)c2ccccc2OCCCNC1=O. The Labute approximate surface area is 232 Å². The summed E-state index contributed by atoms with van der Waals surface area (Å²) in [6, 6.07) is 4.58. The second-order valence-corrected chi connectivity index (χ2v) is 9.81. The van der Waals surface area contributed by atoms with Crippen molar-refractivity contribution in [2.45, 2.75) is 63.5 Å². The van der Waals surface area contributed by atoms with E-state index in [-0.39, 0.29) is 56.9 Å². The van der Waals surface area contributed by atoms with Crippen LogP contribution in [0.15, 0.2) is 24.3 Å². The number of likely N-dealkylation sites (tertiary alicyclic amines) is 1. The van der Waals surface area contributed by atoms with Gasteiger partial charge in [0, 0.05) is 45.4 Å². The largest absolute Gasteiger partial charge is 0.493 e. The molecule has 3 rings (SSSR count). The smallest absolute Gasteiger partial charge is 0.255 e. The van der Waals surface area contributed by atoms with Gasteiger partial charge in [0.1, 0.15) is 17.8 Å². The van der Waals surface area contributed by atoms with Crippen LogP contribution in [0.2, 0.25) is 0 Å². The third-order valence-electron chi connectivity index (χ3n) is 6.70. The van der Waals surface area contributed by atoms with Crippen molar-refractivity contribution in [3.05, 3.63) is 29.8 Å². The van der Waals surface area contributed by atoms with E-state index in [1.807, 2.05) is 0 Å². The highest BCUT2D eigenvalue weighted by atomic mass is 16.5. The fourth-order valence-corrected chi connectivity index (χ4v) is 4.52. The standard InChI is InChI=1S/C27H38N6O7/c28-22(34)11-9-19-26(38)30-14-5-17-40-21-7-2-1-6-18(21)25(37)32-20(10-12-23(35)31-19)27(39)29-13-4-16-33-15-3-8-24(33)36/h1-2,6-7,19-20H,3-5,8-17H2,(H2,28,34)(H,29,39)(H,30,38)(H,31,35)(H,32,37)/t19?,20-/m0/s1. The highest BCUT2D eigenvalue weighted by Crippen LogP contribution is 2.19. The van der Waals surface area contributed by atoms with E-state index in [4.69, 9.17) is 10.5 Å². The molecule has 1 fully saturated rings. The van der Waals surface area contributed by atoms with Crippen LogP contribution < -0.4 is 31.7 Å². The maximum Gasteiger partial charge on any atom is 0.255 e. The number of fused-ring (bicyclic) bond motifs is 1. The average molecular weight is 559 g/mol. The van der Waals surface area contributed by atoms with E-state index in [2.05, 4.69) is 21.3 Å². The number of para-hydroxylation sites is 1. The van der Waals surface area contributed by atoms with E-state index < -0.39 is 41.6 Å². The minimum Gasteiger partial charge on any atom is -0.493 e. The summed E-state index contributed by atoms with van der Waals surface area (Å²) in [5.74, 6) is -2.15. The molecular formula is C27H38N6O7. The van der Waals surface area contributed by atoms with Gasteiger partial charge in [-0.3, -0.25) is 28.8 Å². The van der Waals surface area contributed by atoms with Gasteiger partial charge in [-0.05, 0) is 44.2 Å². The van der Waals surface area contributed by atoms with Crippen molar-refractivity contribution >= 4 is 35.4 Å². The van der Waals surface area contributed by atoms with Gasteiger partial charge in [0.2, 0.25) is 29.5 Å². The van der Waals surface area contributed by atoms with Crippen LogP contribution in [-0.2, 0) is 24.0 Å². The zero-order chi connectivity index (χ0) is 28.9. The first-order valence-corrected chi connectivity index (χ1v) is 13.7. The van der Waals surface area contributed by atoms with Gasteiger partial charge in [-0.25, -0.2) is 0 Å². The quantitative estimate of drug-likeness (QED) is 0.262. The van der Waals surface area contributed by atoms with E-state index in [0.717, 1.165) is 6.42 Å². The molecule has 1 aromatic rings. The lowest BCUT2D eigenvalue weighted by atomic mass is 10.1. The first-order valence-electron chi connectivity index (χ1n) is 13.7. The van der Waals surface area contributed by atoms with Gasteiger partial charge >= 0.3 is 0 Å². The molecule has 0 bridgehead atoms. The van der Waals surface area contributed by atoms with Gasteiger partial charge in [-0.2, -0.15) is 0 Å². The molecule has 13 heteroatoms. The molecule has 0 aliphatic carbocycles. The van der Waals surface area contributed by atoms with Gasteiger partial charge in [-0.1, -0.05) is 12.1 Å². The van der Waals surface area contributed by atoms with Crippen LogP contribution in [0.1, 0.15) is 61.7 Å². The Balaban J connectivity index is 1.70. The van der Waals surface area contributed by atoms with E-state index in [9.17, 15) is 28.8 Å². The van der Waals surface area contributed by atoms with Crippen molar-refractivity contribution in [3.8, 4) is 5.75 Å². The number of carbonyl (C=O) groups excluding carboxylic acids is 6. The zero-order valence-corrected chi connectivity index (χ0v) is 22.5. The molecule has 0 saturated carbocycles. The van der Waals surface area contributed by atoms with Crippen molar-refractivity contribution in [1.29, 1.82) is 0 Å². The van der Waals surface area contributed by atoms with Crippen LogP contribution >= 0.6 is 0 Å². The van der Waals surface area contributed by atoms with E-state index in [1.54, 1.807) is 29.2 Å². The Morgan fingerprint density at radius 2 is 1.88 bits per heavy atom. The molecule has 0 spiro atoms. The van der Waals surface area contributed by atoms with Crippen molar-refractivity contribution in [2.24, 2.45) is 5.73 Å². The molecule has 2 atom stereocenters. The Morgan fingerprint density at radius 1 is 1.07 bits per heavy atom. The number of benzene rings is 1. The second kappa shape index (κ2) is 15.4. The second-order valence-electron chi connectivity index (χ2n) is 9.81. The number of hydrogen-bond donors (Lipinski definition) is 5. The minimum absolute atomic E-state index is 0.0248. The maximum atomic E-state index is 13.2. The summed E-state index contributed by atoms with van der Waals surface area (Å²) in [7, 11) is 0. The Morgan fingerprint density at radius 3 is 2.62 bits per heavy atom. The highest BCUT2D eigenvalue weighted by Gasteiger charge is 2.26. The van der Waals surface area contributed by atoms with Gasteiger partial charge in [-0.15, -0.1) is 0 Å². The molecule has 6 amide bonds. The van der Waals surface area contributed by atoms with Crippen molar-refractivity contribution < 1.29 is 33.5 Å². The van der Waals surface area contributed by atoms with Crippen LogP contribution in [0, 0.1) is 0 Å². The van der Waals surface area contributed by atoms with Crippen LogP contribution in [0.3, 0.4) is 0 Å². The highest BCUT2D eigenvalue weighted by molar-refractivity contribution is 5.99. The Kier molecular flexibility index (Phi) is 11.7. The predicted octanol–water partition coefficient (Wildman–Crippen LogP) is -0.657. The number of hydrogen-bond acceptors (Lipinski definition) is 7. The first-order chi connectivity index (χ1) is 19.2. The van der Waals surface area contributed by atoms with Crippen molar-refractivity contribution in [1.82, 2.24) is 26.2 Å². The van der Waals surface area contributed by atoms with E-state index in [0.29, 0.717) is 38.1 Å². The van der Waals surface area contributed by atoms with Crippen molar-refractivity contribution in [3.63, 3.8) is 0 Å². The van der Waals surface area contributed by atoms with E-state index in [1.165, 1.54) is 0 Å². The molecule has 2 aliphatic heterocycles. The number of amides is 6. The normalized spacial score (nSPS) is 20.9. The number of primary amides is 1. The third-order valence-corrected chi connectivity index (χ3v) is 6.70. The molecule has 0 aromatic heterocycles. The predicted molar refractivity (Wildman–Crippen MR) is 144 cm³/mol. The first kappa shape index (κ1) is 30.4. The number of nitrogens with zero attached hydrogens (tertiary/aromatic N) is 1. The number of nitrogens with two attached hydrogens (primary N) is 1. The van der Waals surface area contributed by atoms with E-state index >= 15 is 0 Å². The molecule has 13 nitrogen and oxygen atoms in total. The van der Waals surface area contributed by atoms with Crippen LogP contribution in [0.5, 0.6) is 5.75 Å². The van der Waals surface area contributed by atoms with Crippen LogP contribution in [-0.4, -0.2) is 85.2 Å². The molecule has 1 saturated heterocycles. The molecule has 0 radical (unpaired) electrons. The summed E-state index contributed by atoms with van der Waals surface area (Å²) in [6.45, 7) is 1.98. The number of carbonyl (C=O) groups is 6. The fraction of sp³-hybridized carbons (Fsp3) is 0.556. The summed E-state index contributed by atoms with van der Waals surface area (Å²) >= 11 is 0. The fourth-order valence-electron chi connectivity index (χ4n) is 4.52. The number of rotatable bonds is 8. The maximum absolute atomic E-state index is 13.2. The molecule has 40 heavy (non-hydrogen) atoms. The van der Waals surface area contributed by atoms with Crippen LogP contribution in [0.4, 0.5) is 0 Å². The lowest BCUT2D eigenvalue weighted by Gasteiger charge is -2.22. The Hall–Kier alpha value is -4.16. The zero-order valence-electron chi connectivity index (χ0n) is 22.5. The summed E-state index contributed by atoms with van der Waals surface area (Å²) in [6.07, 6.45) is 2.06. The summed E-state index contributed by atoms with van der Waals surface area (Å²) in [4.78, 5) is 76.5. The lowest BCUT2D eigenvalue weighted by Crippen LogP contribution is -2.49. The minimum atomic E-state index is -1.05. The average Bonchev–Trinajstić information content (AvgIpc) is 3.34. The number of nitrogens with one attached hydrogen (secondary N) is 4. The van der Waals surface area contributed by atoms with Gasteiger partial charge in [0.05, 0.1) is 12.2 Å². The third kappa shape index (κ3) is 9.54. The molecule has 1 unspecified atom stereocenters. The lowest BCUT2D eigenvalue weighted by molar-refractivity contribution is -0.130. The van der Waals surface area contributed by atoms with Gasteiger partial charge in [0.25, 0.3) is 5.91 Å². The monoisotopic (exact) mass is 558 g/mol.